The maximum absolute atomic E-state index is 11.9. The minimum atomic E-state index is -3.58. The molecule has 0 saturated heterocycles. The van der Waals surface area contributed by atoms with E-state index in [-0.39, 0.29) is 12.5 Å². The van der Waals surface area contributed by atoms with Crippen LogP contribution in [0.4, 0.5) is 5.69 Å². The fourth-order valence-electron chi connectivity index (χ4n) is 1.71. The molecule has 1 rings (SSSR count). The Morgan fingerprint density at radius 1 is 1.14 bits per heavy atom. The molecule has 0 spiro atoms. The Labute approximate surface area is 126 Å². The van der Waals surface area contributed by atoms with Crippen molar-refractivity contribution < 1.29 is 13.2 Å². The van der Waals surface area contributed by atoms with Crippen molar-refractivity contribution in [2.24, 2.45) is 0 Å². The number of carbonyl (C=O) groups excluding carboxylic acids is 1. The summed E-state index contributed by atoms with van der Waals surface area (Å²) in [5.74, 6) is 0.0475. The highest BCUT2D eigenvalue weighted by Crippen LogP contribution is 2.17. The molecule has 0 unspecified atom stereocenters. The number of carbonyl (C=O) groups is 1. The zero-order valence-electron chi connectivity index (χ0n) is 13.1. The first-order valence-electron chi connectivity index (χ1n) is 6.68. The van der Waals surface area contributed by atoms with Crippen molar-refractivity contribution in [3.8, 4) is 0 Å². The van der Waals surface area contributed by atoms with Crippen LogP contribution in [0.25, 0.3) is 0 Å². The Morgan fingerprint density at radius 3 is 2.10 bits per heavy atom. The summed E-state index contributed by atoms with van der Waals surface area (Å²) >= 11 is 0. The molecule has 1 aromatic carbocycles. The predicted molar refractivity (Wildman–Crippen MR) is 84.4 cm³/mol. The lowest BCUT2D eigenvalue weighted by atomic mass is 10.0. The second kappa shape index (κ2) is 7.02. The van der Waals surface area contributed by atoms with Crippen LogP contribution in [0.15, 0.2) is 24.3 Å². The van der Waals surface area contributed by atoms with E-state index in [2.05, 4.69) is 19.2 Å². The van der Waals surface area contributed by atoms with Gasteiger partial charge in [-0.25, -0.2) is 0 Å². The summed E-state index contributed by atoms with van der Waals surface area (Å²) in [7, 11) is 0.645. The standard InChI is InChI=1S/C14H23N3O3S/c1-11(2)12-6-8-13(9-7-12)15-14(18)10-17(5)21(19,20)16(3)4/h6-9,11H,10H2,1-5H3,(H,15,18). The molecule has 1 aromatic rings. The predicted octanol–water partition coefficient (Wildman–Crippen LogP) is 1.49. The minimum absolute atomic E-state index is 0.230. The lowest BCUT2D eigenvalue weighted by Gasteiger charge is -2.20. The third-order valence-corrected chi connectivity index (χ3v) is 4.92. The van der Waals surface area contributed by atoms with Gasteiger partial charge in [0.2, 0.25) is 5.91 Å². The van der Waals surface area contributed by atoms with E-state index >= 15 is 0 Å². The van der Waals surface area contributed by atoms with E-state index in [0.29, 0.717) is 11.6 Å². The van der Waals surface area contributed by atoms with Gasteiger partial charge >= 0.3 is 0 Å². The van der Waals surface area contributed by atoms with E-state index in [9.17, 15) is 13.2 Å². The van der Waals surface area contributed by atoms with Gasteiger partial charge in [0.15, 0.2) is 0 Å². The van der Waals surface area contributed by atoms with E-state index in [1.165, 1.54) is 26.7 Å². The molecular formula is C14H23N3O3S. The summed E-state index contributed by atoms with van der Waals surface area (Å²) in [4.78, 5) is 11.9. The van der Waals surface area contributed by atoms with Crippen LogP contribution >= 0.6 is 0 Å². The third-order valence-electron chi connectivity index (χ3n) is 3.08. The summed E-state index contributed by atoms with van der Waals surface area (Å²) < 4.78 is 25.7. The summed E-state index contributed by atoms with van der Waals surface area (Å²) in [6, 6.07) is 7.52. The molecule has 118 valence electrons. The largest absolute Gasteiger partial charge is 0.325 e. The molecule has 1 amide bonds. The van der Waals surface area contributed by atoms with Crippen molar-refractivity contribution in [2.75, 3.05) is 33.0 Å². The zero-order chi connectivity index (χ0) is 16.2. The van der Waals surface area contributed by atoms with Crippen molar-refractivity contribution in [1.29, 1.82) is 0 Å². The number of benzene rings is 1. The van der Waals surface area contributed by atoms with Crippen LogP contribution in [-0.4, -0.2) is 50.6 Å². The van der Waals surface area contributed by atoms with Crippen LogP contribution in [-0.2, 0) is 15.0 Å². The van der Waals surface area contributed by atoms with E-state index in [4.69, 9.17) is 0 Å². The van der Waals surface area contributed by atoms with Gasteiger partial charge in [-0.2, -0.15) is 17.0 Å². The Morgan fingerprint density at radius 2 is 1.67 bits per heavy atom. The lowest BCUT2D eigenvalue weighted by molar-refractivity contribution is -0.116. The number of hydrogen-bond acceptors (Lipinski definition) is 3. The molecule has 0 aliphatic carbocycles. The summed E-state index contributed by atoms with van der Waals surface area (Å²) in [5, 5.41) is 2.69. The molecule has 0 aliphatic rings. The van der Waals surface area contributed by atoms with Gasteiger partial charge in [-0.3, -0.25) is 4.79 Å². The Hall–Kier alpha value is -1.44. The fraction of sp³-hybridized carbons (Fsp3) is 0.500. The average molecular weight is 313 g/mol. The number of hydrogen-bond donors (Lipinski definition) is 1. The number of anilines is 1. The maximum Gasteiger partial charge on any atom is 0.281 e. The normalized spacial score (nSPS) is 12.2. The number of amides is 1. The Kier molecular flexibility index (Phi) is 5.88. The van der Waals surface area contributed by atoms with Crippen LogP contribution in [0, 0.1) is 0 Å². The SMILES string of the molecule is CC(C)c1ccc(NC(=O)CN(C)S(=O)(=O)N(C)C)cc1. The lowest BCUT2D eigenvalue weighted by Crippen LogP contribution is -2.41. The molecule has 0 saturated carbocycles. The van der Waals surface area contributed by atoms with Crippen molar-refractivity contribution in [3.63, 3.8) is 0 Å². The van der Waals surface area contributed by atoms with Gasteiger partial charge in [-0.1, -0.05) is 26.0 Å². The maximum atomic E-state index is 11.9. The van der Waals surface area contributed by atoms with Gasteiger partial charge in [-0.05, 0) is 23.6 Å². The molecule has 7 heteroatoms. The average Bonchev–Trinajstić information content (AvgIpc) is 2.38. The number of nitrogens with one attached hydrogen (secondary N) is 1. The van der Waals surface area contributed by atoms with Crippen molar-refractivity contribution in [1.82, 2.24) is 8.61 Å². The molecule has 0 aliphatic heterocycles. The van der Waals surface area contributed by atoms with Crippen LogP contribution < -0.4 is 5.32 Å². The molecule has 0 bridgehead atoms. The van der Waals surface area contributed by atoms with E-state index < -0.39 is 10.2 Å². The second-order valence-electron chi connectivity index (χ2n) is 5.37. The first-order chi connectivity index (χ1) is 9.64. The third kappa shape index (κ3) is 4.80. The molecule has 21 heavy (non-hydrogen) atoms. The summed E-state index contributed by atoms with van der Waals surface area (Å²) in [5.41, 5.74) is 1.83. The Bertz CT molecular complexity index is 580. The van der Waals surface area contributed by atoms with Crippen LogP contribution in [0.1, 0.15) is 25.3 Å². The van der Waals surface area contributed by atoms with Crippen molar-refractivity contribution in [2.45, 2.75) is 19.8 Å². The smallest absolute Gasteiger partial charge is 0.281 e. The first kappa shape index (κ1) is 17.6. The number of likely N-dealkylation sites (N-methyl/N-ethyl adjacent to an activating group) is 1. The van der Waals surface area contributed by atoms with Crippen LogP contribution in [0.2, 0.25) is 0 Å². The van der Waals surface area contributed by atoms with Gasteiger partial charge < -0.3 is 5.32 Å². The Balaban J connectivity index is 2.66. The summed E-state index contributed by atoms with van der Waals surface area (Å²) in [6.07, 6.45) is 0. The van der Waals surface area contributed by atoms with Gasteiger partial charge in [-0.15, -0.1) is 0 Å². The van der Waals surface area contributed by atoms with Gasteiger partial charge in [0.1, 0.15) is 0 Å². The molecule has 0 atom stereocenters. The van der Waals surface area contributed by atoms with Gasteiger partial charge in [0.05, 0.1) is 6.54 Å². The highest BCUT2D eigenvalue weighted by atomic mass is 32.2. The highest BCUT2D eigenvalue weighted by Gasteiger charge is 2.22. The van der Waals surface area contributed by atoms with Crippen LogP contribution in [0.5, 0.6) is 0 Å². The second-order valence-corrected chi connectivity index (χ2v) is 7.62. The molecule has 6 nitrogen and oxygen atoms in total. The zero-order valence-corrected chi connectivity index (χ0v) is 13.9. The van der Waals surface area contributed by atoms with Crippen molar-refractivity contribution >= 4 is 21.8 Å². The van der Waals surface area contributed by atoms with E-state index in [1.54, 1.807) is 0 Å². The molecule has 0 aromatic heterocycles. The van der Waals surface area contributed by atoms with Crippen LogP contribution in [0.3, 0.4) is 0 Å². The first-order valence-corrected chi connectivity index (χ1v) is 8.08. The summed E-state index contributed by atoms with van der Waals surface area (Å²) in [6.45, 7) is 3.95. The van der Waals surface area contributed by atoms with Gasteiger partial charge in [0, 0.05) is 26.8 Å². The molecule has 0 heterocycles. The van der Waals surface area contributed by atoms with Gasteiger partial charge in [0.25, 0.3) is 10.2 Å². The molecule has 0 fully saturated rings. The fourth-order valence-corrected chi connectivity index (χ4v) is 2.55. The van der Waals surface area contributed by atoms with Crippen molar-refractivity contribution in [3.05, 3.63) is 29.8 Å². The molecule has 0 radical (unpaired) electrons. The molecule has 1 N–H and O–H groups in total. The highest BCUT2D eigenvalue weighted by molar-refractivity contribution is 7.86. The number of nitrogens with zero attached hydrogens (tertiary/aromatic N) is 2. The quantitative estimate of drug-likeness (QED) is 0.865. The topological polar surface area (TPSA) is 69.7 Å². The number of rotatable bonds is 6. The monoisotopic (exact) mass is 313 g/mol. The molecular weight excluding hydrogens is 290 g/mol. The minimum Gasteiger partial charge on any atom is -0.325 e. The van der Waals surface area contributed by atoms with E-state index in [0.717, 1.165) is 8.61 Å². The van der Waals surface area contributed by atoms with E-state index in [1.807, 2.05) is 24.3 Å².